The number of aryl methyl sites for hydroxylation is 1. The predicted octanol–water partition coefficient (Wildman–Crippen LogP) is 2.92. The van der Waals surface area contributed by atoms with Gasteiger partial charge in [0.25, 0.3) is 0 Å². The van der Waals surface area contributed by atoms with Crippen LogP contribution in [0.5, 0.6) is 0 Å². The molecule has 4 nitrogen and oxygen atoms in total. The summed E-state index contributed by atoms with van der Waals surface area (Å²) in [6, 6.07) is 5.93. The van der Waals surface area contributed by atoms with Crippen LogP contribution in [0.2, 0.25) is 0 Å². The Hall–Kier alpha value is -1.94. The van der Waals surface area contributed by atoms with Crippen molar-refractivity contribution in [2.75, 3.05) is 0 Å². The van der Waals surface area contributed by atoms with E-state index in [4.69, 9.17) is 11.6 Å². The van der Waals surface area contributed by atoms with E-state index in [0.29, 0.717) is 12.4 Å². The highest BCUT2D eigenvalue weighted by molar-refractivity contribution is 6.16. The van der Waals surface area contributed by atoms with Gasteiger partial charge in [-0.25, -0.2) is 9.97 Å². The van der Waals surface area contributed by atoms with Gasteiger partial charge in [-0.05, 0) is 36.2 Å². The van der Waals surface area contributed by atoms with Crippen LogP contribution in [0.4, 0.5) is 0 Å². The molecule has 0 unspecified atom stereocenters. The van der Waals surface area contributed by atoms with Crippen molar-refractivity contribution in [3.63, 3.8) is 0 Å². The number of pyridine rings is 2. The fourth-order valence-electron chi connectivity index (χ4n) is 2.12. The lowest BCUT2D eigenvalue weighted by atomic mass is 10.2. The molecule has 3 heterocycles. The molecule has 0 saturated heterocycles. The number of imidazole rings is 1. The molecule has 0 radical (unpaired) electrons. The Labute approximate surface area is 116 Å². The molecule has 0 aromatic carbocycles. The lowest BCUT2D eigenvalue weighted by molar-refractivity contribution is 0.769. The smallest absolute Gasteiger partial charge is 0.160 e. The minimum Gasteiger partial charge on any atom is -0.307 e. The van der Waals surface area contributed by atoms with Crippen molar-refractivity contribution in [3.8, 4) is 0 Å². The molecular weight excluding hydrogens is 260 g/mol. The molecule has 0 spiro atoms. The lowest BCUT2D eigenvalue weighted by Gasteiger charge is -2.06. The van der Waals surface area contributed by atoms with Crippen molar-refractivity contribution in [1.29, 1.82) is 0 Å². The zero-order valence-electron chi connectivity index (χ0n) is 10.5. The van der Waals surface area contributed by atoms with Gasteiger partial charge in [0.1, 0.15) is 11.3 Å². The summed E-state index contributed by atoms with van der Waals surface area (Å²) in [5.41, 5.74) is 4.08. The number of halogens is 1. The number of aromatic nitrogens is 4. The van der Waals surface area contributed by atoms with Crippen LogP contribution in [-0.2, 0) is 12.4 Å². The highest BCUT2D eigenvalue weighted by Gasteiger charge is 2.12. The van der Waals surface area contributed by atoms with Crippen molar-refractivity contribution >= 4 is 22.8 Å². The van der Waals surface area contributed by atoms with Gasteiger partial charge in [0.2, 0.25) is 0 Å². The molecular formula is C14H13ClN4. The molecule has 0 aliphatic heterocycles. The Bertz CT molecular complexity index is 706. The minimum absolute atomic E-state index is 0.376. The van der Waals surface area contributed by atoms with Crippen molar-refractivity contribution < 1.29 is 0 Å². The Morgan fingerprint density at radius 2 is 1.95 bits per heavy atom. The molecule has 96 valence electrons. The molecule has 0 fully saturated rings. The van der Waals surface area contributed by atoms with Crippen LogP contribution in [0.1, 0.15) is 17.0 Å². The summed E-state index contributed by atoms with van der Waals surface area (Å²) in [7, 11) is 0. The van der Waals surface area contributed by atoms with E-state index in [1.165, 1.54) is 0 Å². The van der Waals surface area contributed by atoms with E-state index in [0.717, 1.165) is 28.1 Å². The fourth-order valence-corrected chi connectivity index (χ4v) is 2.33. The van der Waals surface area contributed by atoms with Crippen LogP contribution in [0, 0.1) is 6.92 Å². The van der Waals surface area contributed by atoms with Crippen LogP contribution in [0.15, 0.2) is 36.8 Å². The van der Waals surface area contributed by atoms with Gasteiger partial charge in [-0.3, -0.25) is 4.98 Å². The first-order valence-corrected chi connectivity index (χ1v) is 6.58. The number of hydrogen-bond donors (Lipinski definition) is 0. The first kappa shape index (κ1) is 12.1. The highest BCUT2D eigenvalue weighted by Crippen LogP contribution is 2.19. The highest BCUT2D eigenvalue weighted by atomic mass is 35.5. The fraction of sp³-hybridized carbons (Fsp3) is 0.214. The molecule has 0 N–H and O–H groups in total. The average Bonchev–Trinajstić information content (AvgIpc) is 2.80. The molecule has 0 atom stereocenters. The van der Waals surface area contributed by atoms with E-state index in [1.54, 1.807) is 18.6 Å². The largest absolute Gasteiger partial charge is 0.307 e. The summed E-state index contributed by atoms with van der Waals surface area (Å²) in [6.07, 6.45) is 5.38. The summed E-state index contributed by atoms with van der Waals surface area (Å²) in [6.45, 7) is 2.74. The van der Waals surface area contributed by atoms with Crippen LogP contribution in [-0.4, -0.2) is 19.5 Å². The van der Waals surface area contributed by atoms with Gasteiger partial charge >= 0.3 is 0 Å². The molecule has 0 aliphatic rings. The zero-order chi connectivity index (χ0) is 13.2. The Kier molecular flexibility index (Phi) is 3.17. The molecule has 5 heteroatoms. The summed E-state index contributed by atoms with van der Waals surface area (Å²) in [5, 5.41) is 0. The maximum atomic E-state index is 6.00. The monoisotopic (exact) mass is 272 g/mol. The summed E-state index contributed by atoms with van der Waals surface area (Å²) >= 11 is 6.00. The third kappa shape index (κ3) is 2.19. The second kappa shape index (κ2) is 4.97. The average molecular weight is 273 g/mol. The maximum absolute atomic E-state index is 6.00. The van der Waals surface area contributed by atoms with Crippen molar-refractivity contribution in [2.45, 2.75) is 19.3 Å². The third-order valence-corrected chi connectivity index (χ3v) is 3.36. The van der Waals surface area contributed by atoms with Crippen molar-refractivity contribution in [3.05, 3.63) is 53.7 Å². The van der Waals surface area contributed by atoms with Gasteiger partial charge in [-0.2, -0.15) is 0 Å². The molecule has 0 amide bonds. The van der Waals surface area contributed by atoms with Gasteiger partial charge in [0, 0.05) is 18.6 Å². The van der Waals surface area contributed by atoms with Crippen LogP contribution >= 0.6 is 11.6 Å². The topological polar surface area (TPSA) is 43.6 Å². The first-order chi connectivity index (χ1) is 9.29. The van der Waals surface area contributed by atoms with Crippen LogP contribution in [0.25, 0.3) is 11.2 Å². The molecule has 3 rings (SSSR count). The van der Waals surface area contributed by atoms with Crippen molar-refractivity contribution in [1.82, 2.24) is 19.5 Å². The zero-order valence-corrected chi connectivity index (χ0v) is 11.3. The Morgan fingerprint density at radius 3 is 2.68 bits per heavy atom. The van der Waals surface area contributed by atoms with Crippen LogP contribution in [0.3, 0.4) is 0 Å². The number of rotatable bonds is 3. The minimum atomic E-state index is 0.376. The van der Waals surface area contributed by atoms with Gasteiger partial charge in [0.15, 0.2) is 5.65 Å². The SMILES string of the molecule is Cc1ccnc2c1nc(CCl)n2Cc1ccncc1. The van der Waals surface area contributed by atoms with E-state index in [2.05, 4.69) is 19.5 Å². The number of hydrogen-bond acceptors (Lipinski definition) is 3. The standard InChI is InChI=1S/C14H13ClN4/c1-10-2-7-17-14-13(10)18-12(8-15)19(14)9-11-3-5-16-6-4-11/h2-7H,8-9H2,1H3. The summed E-state index contributed by atoms with van der Waals surface area (Å²) < 4.78 is 2.06. The van der Waals surface area contributed by atoms with E-state index in [9.17, 15) is 0 Å². The number of fused-ring (bicyclic) bond motifs is 1. The van der Waals surface area contributed by atoms with E-state index in [-0.39, 0.29) is 0 Å². The van der Waals surface area contributed by atoms with Crippen LogP contribution < -0.4 is 0 Å². The number of alkyl halides is 1. The molecule has 3 aromatic heterocycles. The third-order valence-electron chi connectivity index (χ3n) is 3.12. The Morgan fingerprint density at radius 1 is 1.16 bits per heavy atom. The summed E-state index contributed by atoms with van der Waals surface area (Å²) in [4.78, 5) is 13.0. The lowest BCUT2D eigenvalue weighted by Crippen LogP contribution is -2.04. The second-order valence-corrected chi connectivity index (χ2v) is 4.67. The van der Waals surface area contributed by atoms with Gasteiger partial charge in [-0.1, -0.05) is 0 Å². The normalized spacial score (nSPS) is 11.1. The first-order valence-electron chi connectivity index (χ1n) is 6.05. The van der Waals surface area contributed by atoms with Gasteiger partial charge in [0.05, 0.1) is 12.4 Å². The molecule has 19 heavy (non-hydrogen) atoms. The quantitative estimate of drug-likeness (QED) is 0.689. The van der Waals surface area contributed by atoms with Gasteiger partial charge < -0.3 is 4.57 Å². The number of nitrogens with zero attached hydrogens (tertiary/aromatic N) is 4. The predicted molar refractivity (Wildman–Crippen MR) is 75.2 cm³/mol. The Balaban J connectivity index is 2.14. The molecule has 0 saturated carbocycles. The molecule has 3 aromatic rings. The summed E-state index contributed by atoms with van der Waals surface area (Å²) in [5.74, 6) is 1.22. The van der Waals surface area contributed by atoms with Crippen molar-refractivity contribution in [2.24, 2.45) is 0 Å². The van der Waals surface area contributed by atoms with Gasteiger partial charge in [-0.15, -0.1) is 11.6 Å². The van der Waals surface area contributed by atoms with E-state index in [1.807, 2.05) is 25.1 Å². The van der Waals surface area contributed by atoms with E-state index < -0.39 is 0 Å². The molecule has 0 bridgehead atoms. The second-order valence-electron chi connectivity index (χ2n) is 4.40. The maximum Gasteiger partial charge on any atom is 0.160 e. The molecule has 0 aliphatic carbocycles. The van der Waals surface area contributed by atoms with E-state index >= 15 is 0 Å².